The van der Waals surface area contributed by atoms with Crippen molar-refractivity contribution in [2.45, 2.75) is 19.6 Å². The second kappa shape index (κ2) is 4.23. The Hall–Kier alpha value is -1.21. The van der Waals surface area contributed by atoms with Gasteiger partial charge in [0.2, 0.25) is 0 Å². The van der Waals surface area contributed by atoms with Crippen LogP contribution in [-0.4, -0.2) is 36.0 Å². The number of fused-ring (bicyclic) bond motifs is 1. The van der Waals surface area contributed by atoms with Gasteiger partial charge in [0.15, 0.2) is 0 Å². The molecule has 0 saturated heterocycles. The zero-order valence-corrected chi connectivity index (χ0v) is 11.1. The van der Waals surface area contributed by atoms with Gasteiger partial charge in [-0.05, 0) is 15.9 Å². The van der Waals surface area contributed by atoms with Gasteiger partial charge in [-0.3, -0.25) is 9.58 Å². The molecule has 6 nitrogen and oxygen atoms in total. The fraction of sp³-hybridized carbons (Fsp3) is 0.500. The highest BCUT2D eigenvalue weighted by atomic mass is 79.9. The van der Waals surface area contributed by atoms with Crippen molar-refractivity contribution in [3.63, 3.8) is 0 Å². The van der Waals surface area contributed by atoms with Gasteiger partial charge in [0.25, 0.3) is 0 Å². The second-order valence-electron chi connectivity index (χ2n) is 4.21. The molecular weight excluding hydrogens is 284 g/mol. The summed E-state index contributed by atoms with van der Waals surface area (Å²) in [6, 6.07) is 0. The summed E-state index contributed by atoms with van der Waals surface area (Å²) in [5.74, 6) is 1.04. The van der Waals surface area contributed by atoms with Crippen LogP contribution in [0.1, 0.15) is 11.5 Å². The number of nitrogens with zero attached hydrogens (tertiary/aromatic N) is 6. The van der Waals surface area contributed by atoms with Gasteiger partial charge < -0.3 is 4.57 Å². The Kier molecular flexibility index (Phi) is 2.71. The molecule has 0 spiro atoms. The Balaban J connectivity index is 1.76. The molecule has 0 fully saturated rings. The van der Waals surface area contributed by atoms with Gasteiger partial charge in [-0.1, -0.05) is 0 Å². The number of rotatable bonds is 2. The van der Waals surface area contributed by atoms with Crippen molar-refractivity contribution in [3.05, 3.63) is 28.5 Å². The molecule has 0 aliphatic carbocycles. The standard InChI is InChI=1S/C10H13BrN6/c1-15-9(8(11)4-13-15)5-16-2-3-17-7-12-14-10(17)6-16/h4,7H,2-3,5-6H2,1H3. The maximum absolute atomic E-state index is 4.23. The smallest absolute Gasteiger partial charge is 0.147 e. The van der Waals surface area contributed by atoms with Crippen molar-refractivity contribution in [1.82, 2.24) is 29.4 Å². The van der Waals surface area contributed by atoms with Gasteiger partial charge in [-0.2, -0.15) is 5.10 Å². The van der Waals surface area contributed by atoms with E-state index in [1.807, 2.05) is 17.9 Å². The highest BCUT2D eigenvalue weighted by Crippen LogP contribution is 2.19. The zero-order valence-electron chi connectivity index (χ0n) is 9.54. The number of hydrogen-bond acceptors (Lipinski definition) is 4. The van der Waals surface area contributed by atoms with Gasteiger partial charge in [0.05, 0.1) is 22.9 Å². The fourth-order valence-corrected chi connectivity index (χ4v) is 2.55. The van der Waals surface area contributed by atoms with Gasteiger partial charge in [-0.25, -0.2) is 0 Å². The van der Waals surface area contributed by atoms with Gasteiger partial charge in [-0.15, -0.1) is 10.2 Å². The molecule has 0 N–H and O–H groups in total. The molecule has 0 amide bonds. The first-order valence-corrected chi connectivity index (χ1v) is 6.29. The maximum atomic E-state index is 4.23. The monoisotopic (exact) mass is 296 g/mol. The first kappa shape index (κ1) is 10.9. The molecule has 3 heterocycles. The summed E-state index contributed by atoms with van der Waals surface area (Å²) >= 11 is 3.52. The molecule has 7 heteroatoms. The van der Waals surface area contributed by atoms with Crippen LogP contribution in [-0.2, 0) is 26.7 Å². The van der Waals surface area contributed by atoms with Crippen molar-refractivity contribution in [2.24, 2.45) is 7.05 Å². The van der Waals surface area contributed by atoms with Crippen LogP contribution in [0.15, 0.2) is 17.0 Å². The molecule has 3 rings (SSSR count). The van der Waals surface area contributed by atoms with Crippen LogP contribution < -0.4 is 0 Å². The molecule has 0 unspecified atom stereocenters. The first-order valence-electron chi connectivity index (χ1n) is 5.49. The van der Waals surface area contributed by atoms with E-state index in [0.717, 1.165) is 36.5 Å². The topological polar surface area (TPSA) is 51.8 Å². The fourth-order valence-electron chi connectivity index (χ4n) is 2.08. The summed E-state index contributed by atoms with van der Waals surface area (Å²) < 4.78 is 5.07. The van der Waals surface area contributed by atoms with Crippen molar-refractivity contribution in [1.29, 1.82) is 0 Å². The minimum atomic E-state index is 0.845. The lowest BCUT2D eigenvalue weighted by Crippen LogP contribution is -2.33. The van der Waals surface area contributed by atoms with E-state index in [0.29, 0.717) is 0 Å². The summed E-state index contributed by atoms with van der Waals surface area (Å²) in [6.45, 7) is 3.70. The normalized spacial score (nSPS) is 16.1. The maximum Gasteiger partial charge on any atom is 0.147 e. The Labute approximate surface area is 107 Å². The van der Waals surface area contributed by atoms with Crippen LogP contribution in [0.4, 0.5) is 0 Å². The Bertz CT molecular complexity index is 511. The van der Waals surface area contributed by atoms with Crippen LogP contribution in [0.5, 0.6) is 0 Å². The molecular formula is C10H13BrN6. The van der Waals surface area contributed by atoms with Crippen molar-refractivity contribution in [2.75, 3.05) is 6.54 Å². The van der Waals surface area contributed by atoms with Crippen molar-refractivity contribution < 1.29 is 0 Å². The number of hydrogen-bond donors (Lipinski definition) is 0. The molecule has 0 saturated carbocycles. The Morgan fingerprint density at radius 2 is 2.29 bits per heavy atom. The van der Waals surface area contributed by atoms with E-state index in [1.54, 1.807) is 6.33 Å². The molecule has 1 aliphatic heterocycles. The molecule has 1 aliphatic rings. The third-order valence-corrected chi connectivity index (χ3v) is 3.76. The lowest BCUT2D eigenvalue weighted by atomic mass is 10.3. The van der Waals surface area contributed by atoms with E-state index in [4.69, 9.17) is 0 Å². The van der Waals surface area contributed by atoms with Crippen molar-refractivity contribution in [3.8, 4) is 0 Å². The second-order valence-corrected chi connectivity index (χ2v) is 5.07. The minimum Gasteiger partial charge on any atom is -0.315 e. The third-order valence-electron chi connectivity index (χ3n) is 3.10. The van der Waals surface area contributed by atoms with Gasteiger partial charge in [0, 0.05) is 26.7 Å². The van der Waals surface area contributed by atoms with Crippen LogP contribution in [0.25, 0.3) is 0 Å². The van der Waals surface area contributed by atoms with Crippen LogP contribution in [0.3, 0.4) is 0 Å². The van der Waals surface area contributed by atoms with E-state index in [2.05, 4.69) is 40.7 Å². The molecule has 2 aromatic heterocycles. The van der Waals surface area contributed by atoms with Crippen LogP contribution in [0.2, 0.25) is 0 Å². The summed E-state index contributed by atoms with van der Waals surface area (Å²) in [7, 11) is 1.96. The van der Waals surface area contributed by atoms with E-state index in [-0.39, 0.29) is 0 Å². The lowest BCUT2D eigenvalue weighted by molar-refractivity contribution is 0.203. The van der Waals surface area contributed by atoms with Crippen LogP contribution in [0, 0.1) is 0 Å². The van der Waals surface area contributed by atoms with Crippen LogP contribution >= 0.6 is 15.9 Å². The molecule has 90 valence electrons. The summed E-state index contributed by atoms with van der Waals surface area (Å²) in [4.78, 5) is 2.35. The van der Waals surface area contributed by atoms with E-state index < -0.39 is 0 Å². The highest BCUT2D eigenvalue weighted by molar-refractivity contribution is 9.10. The lowest BCUT2D eigenvalue weighted by Gasteiger charge is -2.26. The quantitative estimate of drug-likeness (QED) is 0.822. The number of aromatic nitrogens is 5. The average Bonchev–Trinajstić information content (AvgIpc) is 2.90. The minimum absolute atomic E-state index is 0.845. The van der Waals surface area contributed by atoms with Gasteiger partial charge >= 0.3 is 0 Å². The Morgan fingerprint density at radius 1 is 1.41 bits per heavy atom. The molecule has 2 aromatic rings. The Morgan fingerprint density at radius 3 is 3.06 bits per heavy atom. The van der Waals surface area contributed by atoms with Gasteiger partial charge in [0.1, 0.15) is 12.2 Å². The summed E-state index contributed by atoms with van der Waals surface area (Å²) in [5.41, 5.74) is 1.19. The molecule has 0 bridgehead atoms. The molecule has 0 aromatic carbocycles. The zero-order chi connectivity index (χ0) is 11.8. The third kappa shape index (κ3) is 2.00. The molecule has 0 atom stereocenters. The van der Waals surface area contributed by atoms with E-state index >= 15 is 0 Å². The predicted octanol–water partition coefficient (Wildman–Crippen LogP) is 0.790. The average molecular weight is 297 g/mol. The summed E-state index contributed by atoms with van der Waals surface area (Å²) in [5, 5.41) is 12.3. The van der Waals surface area contributed by atoms with E-state index in [1.165, 1.54) is 5.69 Å². The molecule has 17 heavy (non-hydrogen) atoms. The van der Waals surface area contributed by atoms with Crippen molar-refractivity contribution >= 4 is 15.9 Å². The molecule has 0 radical (unpaired) electrons. The summed E-state index contributed by atoms with van der Waals surface area (Å²) in [6.07, 6.45) is 3.63. The first-order chi connectivity index (χ1) is 8.24. The van der Waals surface area contributed by atoms with E-state index in [9.17, 15) is 0 Å². The number of halogens is 1. The highest BCUT2D eigenvalue weighted by Gasteiger charge is 2.19. The number of aryl methyl sites for hydroxylation is 1. The largest absolute Gasteiger partial charge is 0.315 e. The predicted molar refractivity (Wildman–Crippen MR) is 65.0 cm³/mol. The SMILES string of the molecule is Cn1ncc(Br)c1CN1CCn2cnnc2C1.